The van der Waals surface area contributed by atoms with Crippen molar-refractivity contribution in [2.24, 2.45) is 0 Å². The van der Waals surface area contributed by atoms with E-state index in [-0.39, 0.29) is 11.4 Å². The van der Waals surface area contributed by atoms with Crippen molar-refractivity contribution in [3.05, 3.63) is 82.4 Å². The highest BCUT2D eigenvalue weighted by Crippen LogP contribution is 2.31. The fourth-order valence-electron chi connectivity index (χ4n) is 4.36. The van der Waals surface area contributed by atoms with Gasteiger partial charge in [-0.05, 0) is 55.7 Å². The minimum absolute atomic E-state index is 0.137. The van der Waals surface area contributed by atoms with Crippen molar-refractivity contribution in [2.75, 3.05) is 0 Å². The zero-order chi connectivity index (χ0) is 23.8. The second-order valence-electron chi connectivity index (χ2n) is 8.36. The summed E-state index contributed by atoms with van der Waals surface area (Å²) in [7, 11) is 0. The molecule has 176 valence electrons. The van der Waals surface area contributed by atoms with Crippen LogP contribution in [-0.2, 0) is 18.7 Å². The average molecular weight is 489 g/mol. The Hall–Kier alpha value is -3.79. The number of rotatable bonds is 5. The molecule has 0 saturated carbocycles. The summed E-state index contributed by atoms with van der Waals surface area (Å²) in [5, 5.41) is 9.37. The lowest BCUT2D eigenvalue weighted by Gasteiger charge is -2.17. The quantitative estimate of drug-likeness (QED) is 0.261. The predicted octanol–water partition coefficient (Wildman–Crippen LogP) is 4.74. The Bertz CT molecular complexity index is 1510. The Labute approximate surface area is 204 Å². The molecule has 3 aliphatic heterocycles. The number of hydrogen-bond acceptors (Lipinski definition) is 7. The summed E-state index contributed by atoms with van der Waals surface area (Å²) >= 11 is 1.48. The first-order valence-electron chi connectivity index (χ1n) is 11.5. The molecule has 0 atom stereocenters. The van der Waals surface area contributed by atoms with Crippen molar-refractivity contribution >= 4 is 11.8 Å². The van der Waals surface area contributed by atoms with Gasteiger partial charge in [-0.1, -0.05) is 41.5 Å². The summed E-state index contributed by atoms with van der Waals surface area (Å²) in [4.78, 5) is 22.6. The number of nitrogens with zero attached hydrogens (tertiary/aromatic N) is 6. The van der Waals surface area contributed by atoms with Crippen LogP contribution in [0.15, 0.2) is 69.1 Å². The molecule has 10 heteroatoms. The van der Waals surface area contributed by atoms with Gasteiger partial charge in [0.2, 0.25) is 11.7 Å². The smallest absolute Gasteiger partial charge is 0.284 e. The summed E-state index contributed by atoms with van der Waals surface area (Å²) < 4.78 is 22.2. The third-order valence-electron chi connectivity index (χ3n) is 6.06. The minimum Gasteiger partial charge on any atom is -0.338 e. The maximum absolute atomic E-state index is 13.3. The van der Waals surface area contributed by atoms with Crippen molar-refractivity contribution in [2.45, 2.75) is 43.1 Å². The average Bonchev–Trinajstić information content (AvgIpc) is 3.40. The molecule has 4 heterocycles. The van der Waals surface area contributed by atoms with Crippen LogP contribution in [0, 0.1) is 5.82 Å². The molecule has 0 amide bonds. The van der Waals surface area contributed by atoms with Crippen LogP contribution >= 0.6 is 11.8 Å². The Balaban J connectivity index is 1.35. The standard InChI is InChI=1S/C25H21FN6O2S/c26-17-12-10-16(11-13-17)22-27-20(34-30-22)15-35-25-28-23-21(19-9-5-2-6-14-31(19)25)24(33)32(29-23)18-7-3-1-4-8-18/h1,3-4,7-8,10-13H,2,5-6,9,14-15H2. The van der Waals surface area contributed by atoms with Crippen molar-refractivity contribution in [3.63, 3.8) is 0 Å². The molecular formula is C25H21FN6O2S. The van der Waals surface area contributed by atoms with E-state index in [1.165, 1.54) is 28.6 Å². The van der Waals surface area contributed by atoms with Gasteiger partial charge in [-0.25, -0.2) is 9.37 Å². The number of aromatic nitrogens is 6. The molecule has 0 unspecified atom stereocenters. The van der Waals surface area contributed by atoms with Gasteiger partial charge >= 0.3 is 0 Å². The molecule has 0 N–H and O–H groups in total. The highest BCUT2D eigenvalue weighted by Gasteiger charge is 2.27. The lowest BCUT2D eigenvalue weighted by molar-refractivity contribution is 0.391. The number of halogens is 1. The summed E-state index contributed by atoms with van der Waals surface area (Å²) in [5.41, 5.74) is 2.85. The summed E-state index contributed by atoms with van der Waals surface area (Å²) in [6.07, 6.45) is 3.94. The topological polar surface area (TPSA) is 91.6 Å². The lowest BCUT2D eigenvalue weighted by atomic mass is 10.1. The Morgan fingerprint density at radius 3 is 2.63 bits per heavy atom. The predicted molar refractivity (Wildman–Crippen MR) is 129 cm³/mol. The molecule has 3 aromatic rings. The second-order valence-corrected chi connectivity index (χ2v) is 9.30. The van der Waals surface area contributed by atoms with E-state index in [1.807, 2.05) is 30.3 Å². The number of thioether (sulfide) groups is 1. The van der Waals surface area contributed by atoms with Gasteiger partial charge in [0, 0.05) is 17.8 Å². The summed E-state index contributed by atoms with van der Waals surface area (Å²) in [5.74, 6) is 1.40. The van der Waals surface area contributed by atoms with Gasteiger partial charge in [0.05, 0.1) is 11.4 Å². The fraction of sp³-hybridized carbons (Fsp3) is 0.240. The molecule has 0 fully saturated rings. The third kappa shape index (κ3) is 4.14. The van der Waals surface area contributed by atoms with E-state index < -0.39 is 0 Å². The van der Waals surface area contributed by atoms with Crippen LogP contribution in [0.25, 0.3) is 28.5 Å². The molecule has 6 rings (SSSR count). The van der Waals surface area contributed by atoms with Gasteiger partial charge in [-0.15, -0.1) is 5.10 Å². The molecule has 0 aliphatic carbocycles. The van der Waals surface area contributed by atoms with Crippen LogP contribution in [0.4, 0.5) is 4.39 Å². The van der Waals surface area contributed by atoms with E-state index >= 15 is 0 Å². The van der Waals surface area contributed by atoms with Crippen molar-refractivity contribution in [1.29, 1.82) is 0 Å². The maximum atomic E-state index is 13.3. The normalized spacial score (nSPS) is 13.6. The van der Waals surface area contributed by atoms with Crippen LogP contribution in [0.2, 0.25) is 0 Å². The highest BCUT2D eigenvalue weighted by molar-refractivity contribution is 7.98. The first-order chi connectivity index (χ1) is 17.2. The van der Waals surface area contributed by atoms with E-state index in [0.717, 1.165) is 48.8 Å². The van der Waals surface area contributed by atoms with Gasteiger partial charge in [-0.3, -0.25) is 4.79 Å². The molecule has 0 spiro atoms. The SMILES string of the molecule is O=c1c2c3n(c(SCc4nc(-c5ccc(F)cc5)no4)nc-2nn1-c1ccccc1)CCCCC3. The van der Waals surface area contributed by atoms with Crippen molar-refractivity contribution in [3.8, 4) is 28.5 Å². The molecule has 0 radical (unpaired) electrons. The molecule has 0 saturated heterocycles. The molecule has 2 aromatic carbocycles. The number of para-hydroxylation sites is 1. The second kappa shape index (κ2) is 9.10. The van der Waals surface area contributed by atoms with Gasteiger partial charge in [0.1, 0.15) is 11.4 Å². The van der Waals surface area contributed by atoms with E-state index in [0.29, 0.717) is 34.4 Å². The van der Waals surface area contributed by atoms with Crippen molar-refractivity contribution < 1.29 is 8.91 Å². The van der Waals surface area contributed by atoms with Gasteiger partial charge in [0.15, 0.2) is 11.0 Å². The summed E-state index contributed by atoms with van der Waals surface area (Å²) in [6.45, 7) is 0.793. The largest absolute Gasteiger partial charge is 0.338 e. The Kier molecular flexibility index (Phi) is 5.65. The molecular weight excluding hydrogens is 467 g/mol. The van der Waals surface area contributed by atoms with E-state index in [1.54, 1.807) is 12.1 Å². The van der Waals surface area contributed by atoms with Gasteiger partial charge < -0.3 is 9.09 Å². The van der Waals surface area contributed by atoms with Gasteiger partial charge in [-0.2, -0.15) is 9.67 Å². The highest BCUT2D eigenvalue weighted by atomic mass is 32.2. The van der Waals surface area contributed by atoms with Crippen LogP contribution in [0.1, 0.15) is 30.8 Å². The molecule has 35 heavy (non-hydrogen) atoms. The van der Waals surface area contributed by atoms with E-state index in [2.05, 4.69) is 19.8 Å². The third-order valence-corrected chi connectivity index (χ3v) is 7.02. The van der Waals surface area contributed by atoms with Crippen LogP contribution < -0.4 is 5.56 Å². The minimum atomic E-state index is -0.317. The lowest BCUT2D eigenvalue weighted by Crippen LogP contribution is -2.19. The number of fused-ring (bicyclic) bond motifs is 3. The molecule has 3 aliphatic rings. The van der Waals surface area contributed by atoms with Crippen molar-refractivity contribution in [1.82, 2.24) is 29.5 Å². The maximum Gasteiger partial charge on any atom is 0.284 e. The Morgan fingerprint density at radius 2 is 1.80 bits per heavy atom. The first kappa shape index (κ1) is 21.7. The van der Waals surface area contributed by atoms with E-state index in [9.17, 15) is 9.18 Å². The monoisotopic (exact) mass is 488 g/mol. The van der Waals surface area contributed by atoms with Crippen LogP contribution in [0.5, 0.6) is 0 Å². The zero-order valence-electron chi connectivity index (χ0n) is 18.7. The van der Waals surface area contributed by atoms with Crippen LogP contribution in [-0.4, -0.2) is 29.5 Å². The molecule has 8 nitrogen and oxygen atoms in total. The first-order valence-corrected chi connectivity index (χ1v) is 12.4. The number of benzene rings is 2. The zero-order valence-corrected chi connectivity index (χ0v) is 19.5. The number of hydrogen-bond donors (Lipinski definition) is 0. The van der Waals surface area contributed by atoms with Gasteiger partial charge in [0.25, 0.3) is 5.56 Å². The molecule has 0 bridgehead atoms. The van der Waals surface area contributed by atoms with E-state index in [4.69, 9.17) is 9.51 Å². The molecule has 1 aromatic heterocycles. The van der Waals surface area contributed by atoms with Crippen LogP contribution in [0.3, 0.4) is 0 Å². The summed E-state index contributed by atoms with van der Waals surface area (Å²) in [6, 6.07) is 15.4. The fourth-order valence-corrected chi connectivity index (χ4v) is 5.24. The Morgan fingerprint density at radius 1 is 0.971 bits per heavy atom.